The molecular weight excluding hydrogens is 306 g/mol. The first-order chi connectivity index (χ1) is 11.7. The fraction of sp³-hybridized carbons (Fsp3) is 0.353. The van der Waals surface area contributed by atoms with Gasteiger partial charge < -0.3 is 14.6 Å². The van der Waals surface area contributed by atoms with Crippen molar-refractivity contribution in [2.75, 3.05) is 11.9 Å². The molecule has 1 N–H and O–H groups in total. The largest absolute Gasteiger partial charge is 0.424 e. The molecule has 2 aromatic heterocycles. The third-order valence-corrected chi connectivity index (χ3v) is 4.22. The van der Waals surface area contributed by atoms with Gasteiger partial charge in [0.2, 0.25) is 5.91 Å². The van der Waals surface area contributed by atoms with Gasteiger partial charge >= 0.3 is 0 Å². The first-order valence-corrected chi connectivity index (χ1v) is 8.09. The van der Waals surface area contributed by atoms with Crippen molar-refractivity contribution in [1.82, 2.24) is 19.7 Å². The summed E-state index contributed by atoms with van der Waals surface area (Å²) in [6, 6.07) is 10.2. The fourth-order valence-corrected chi connectivity index (χ4v) is 2.99. The van der Waals surface area contributed by atoms with Gasteiger partial charge in [0, 0.05) is 20.0 Å². The Morgan fingerprint density at radius 3 is 3.04 bits per heavy atom. The number of fused-ring (bicyclic) bond motifs is 2. The van der Waals surface area contributed by atoms with Crippen molar-refractivity contribution in [3.8, 4) is 0 Å². The number of nitrogens with zero attached hydrogens (tertiary/aromatic N) is 4. The molecule has 3 aromatic rings. The number of carbonyl (C=O) groups excluding carboxylic acids is 1. The van der Waals surface area contributed by atoms with Gasteiger partial charge in [0.1, 0.15) is 5.52 Å². The van der Waals surface area contributed by atoms with Crippen molar-refractivity contribution in [2.24, 2.45) is 0 Å². The van der Waals surface area contributed by atoms with Gasteiger partial charge in [0.15, 0.2) is 5.58 Å². The topological polar surface area (TPSA) is 76.2 Å². The van der Waals surface area contributed by atoms with Gasteiger partial charge in [0.25, 0.3) is 6.01 Å². The maximum Gasteiger partial charge on any atom is 0.296 e. The molecule has 1 aliphatic heterocycles. The van der Waals surface area contributed by atoms with E-state index < -0.39 is 0 Å². The van der Waals surface area contributed by atoms with Crippen molar-refractivity contribution in [3.63, 3.8) is 0 Å². The summed E-state index contributed by atoms with van der Waals surface area (Å²) in [6.45, 7) is 4.39. The molecule has 124 valence electrons. The highest BCUT2D eigenvalue weighted by Gasteiger charge is 2.18. The number of aromatic nitrogens is 3. The second-order valence-corrected chi connectivity index (χ2v) is 5.98. The number of benzene rings is 1. The third kappa shape index (κ3) is 2.84. The third-order valence-electron chi connectivity index (χ3n) is 4.22. The molecule has 4 rings (SSSR count). The van der Waals surface area contributed by atoms with Crippen molar-refractivity contribution < 1.29 is 9.21 Å². The zero-order valence-corrected chi connectivity index (χ0v) is 13.5. The van der Waals surface area contributed by atoms with Crippen LogP contribution in [-0.2, 0) is 24.4 Å². The Morgan fingerprint density at radius 1 is 1.33 bits per heavy atom. The van der Waals surface area contributed by atoms with Crippen LogP contribution in [-0.4, -0.2) is 32.1 Å². The van der Waals surface area contributed by atoms with Crippen LogP contribution < -0.4 is 5.32 Å². The average molecular weight is 325 g/mol. The van der Waals surface area contributed by atoms with Crippen LogP contribution >= 0.6 is 0 Å². The summed E-state index contributed by atoms with van der Waals surface area (Å²) < 4.78 is 7.64. The summed E-state index contributed by atoms with van der Waals surface area (Å²) >= 11 is 0. The Hall–Kier alpha value is -2.83. The molecule has 1 aromatic carbocycles. The van der Waals surface area contributed by atoms with Crippen LogP contribution in [0.25, 0.3) is 11.1 Å². The Bertz CT molecular complexity index is 849. The molecule has 3 heterocycles. The number of hydrogen-bond donors (Lipinski definition) is 1. The number of hydrogen-bond acceptors (Lipinski definition) is 5. The van der Waals surface area contributed by atoms with Gasteiger partial charge in [-0.2, -0.15) is 10.1 Å². The molecule has 0 bridgehead atoms. The normalized spacial score (nSPS) is 14.5. The van der Waals surface area contributed by atoms with Crippen LogP contribution in [0.2, 0.25) is 0 Å². The summed E-state index contributed by atoms with van der Waals surface area (Å²) in [6.07, 6.45) is 0.923. The number of para-hydroxylation sites is 2. The van der Waals surface area contributed by atoms with Crippen molar-refractivity contribution >= 4 is 23.0 Å². The van der Waals surface area contributed by atoms with E-state index in [1.165, 1.54) is 0 Å². The number of amides is 1. The van der Waals surface area contributed by atoms with Crippen LogP contribution in [0.1, 0.15) is 24.7 Å². The van der Waals surface area contributed by atoms with E-state index >= 15 is 0 Å². The van der Waals surface area contributed by atoms with Crippen LogP contribution in [0.5, 0.6) is 0 Å². The zero-order valence-electron chi connectivity index (χ0n) is 13.5. The van der Waals surface area contributed by atoms with E-state index in [4.69, 9.17) is 4.42 Å². The van der Waals surface area contributed by atoms with Gasteiger partial charge in [-0.05, 0) is 24.6 Å². The number of oxazole rings is 1. The zero-order chi connectivity index (χ0) is 16.5. The molecular formula is C17H19N5O2. The Labute approximate surface area is 139 Å². The first-order valence-electron chi connectivity index (χ1n) is 8.09. The van der Waals surface area contributed by atoms with Gasteiger partial charge in [-0.15, -0.1) is 0 Å². The van der Waals surface area contributed by atoms with Crippen LogP contribution in [0, 0.1) is 0 Å². The standard InChI is InChI=1S/C17H19N5O2/c1-12(23)21-7-4-8-22-14(11-21)9-13(20-22)10-18-17-19-15-5-2-3-6-16(15)24-17/h2-3,5-6,9H,4,7-8,10-11H2,1H3,(H,18,19). The van der Waals surface area contributed by atoms with Crippen molar-refractivity contribution in [2.45, 2.75) is 33.0 Å². The second kappa shape index (κ2) is 5.99. The molecule has 0 saturated carbocycles. The van der Waals surface area contributed by atoms with Crippen molar-refractivity contribution in [1.29, 1.82) is 0 Å². The maximum absolute atomic E-state index is 11.6. The quantitative estimate of drug-likeness (QED) is 0.800. The minimum atomic E-state index is 0.107. The number of nitrogens with one attached hydrogen (secondary N) is 1. The van der Waals surface area contributed by atoms with Crippen LogP contribution in [0.3, 0.4) is 0 Å². The highest BCUT2D eigenvalue weighted by molar-refractivity contribution is 5.74. The molecule has 0 aliphatic carbocycles. The summed E-state index contributed by atoms with van der Waals surface area (Å²) in [4.78, 5) is 17.9. The Kier molecular flexibility index (Phi) is 3.68. The van der Waals surface area contributed by atoms with Crippen LogP contribution in [0.4, 0.5) is 6.01 Å². The maximum atomic E-state index is 11.6. The second-order valence-electron chi connectivity index (χ2n) is 5.98. The molecule has 7 nitrogen and oxygen atoms in total. The van der Waals surface area contributed by atoms with E-state index in [1.807, 2.05) is 39.9 Å². The highest BCUT2D eigenvalue weighted by Crippen LogP contribution is 2.19. The van der Waals surface area contributed by atoms with E-state index in [-0.39, 0.29) is 5.91 Å². The predicted molar refractivity (Wildman–Crippen MR) is 89.3 cm³/mol. The molecule has 0 unspecified atom stereocenters. The lowest BCUT2D eigenvalue weighted by Crippen LogP contribution is -2.28. The van der Waals surface area contributed by atoms with E-state index in [0.717, 1.165) is 42.0 Å². The van der Waals surface area contributed by atoms with E-state index in [0.29, 0.717) is 19.1 Å². The number of carbonyl (C=O) groups is 1. The van der Waals surface area contributed by atoms with Crippen LogP contribution in [0.15, 0.2) is 34.7 Å². The molecule has 1 aliphatic rings. The lowest BCUT2D eigenvalue weighted by Gasteiger charge is -2.17. The molecule has 24 heavy (non-hydrogen) atoms. The fourth-order valence-electron chi connectivity index (χ4n) is 2.99. The molecule has 0 radical (unpaired) electrons. The van der Waals surface area contributed by atoms with Crippen molar-refractivity contribution in [3.05, 3.63) is 41.7 Å². The molecule has 0 fully saturated rings. The molecule has 0 saturated heterocycles. The first kappa shape index (κ1) is 14.7. The number of aryl methyl sites for hydroxylation is 1. The molecule has 7 heteroatoms. The monoisotopic (exact) mass is 325 g/mol. The van der Waals surface area contributed by atoms with E-state index in [2.05, 4.69) is 15.4 Å². The minimum absolute atomic E-state index is 0.107. The summed E-state index contributed by atoms with van der Waals surface area (Å²) in [5, 5.41) is 7.80. The highest BCUT2D eigenvalue weighted by atomic mass is 16.4. The van der Waals surface area contributed by atoms with E-state index in [9.17, 15) is 4.79 Å². The Balaban J connectivity index is 1.48. The molecule has 0 atom stereocenters. The Morgan fingerprint density at radius 2 is 2.21 bits per heavy atom. The summed E-state index contributed by atoms with van der Waals surface area (Å²) in [7, 11) is 0. The average Bonchev–Trinajstić information content (AvgIpc) is 3.10. The van der Waals surface area contributed by atoms with Gasteiger partial charge in [-0.1, -0.05) is 12.1 Å². The summed E-state index contributed by atoms with van der Waals surface area (Å²) in [5.74, 6) is 0.107. The lowest BCUT2D eigenvalue weighted by molar-refractivity contribution is -0.129. The van der Waals surface area contributed by atoms with Gasteiger partial charge in [0.05, 0.1) is 24.5 Å². The summed E-state index contributed by atoms with van der Waals surface area (Å²) in [5.41, 5.74) is 3.57. The number of anilines is 1. The molecule has 0 spiro atoms. The minimum Gasteiger partial charge on any atom is -0.424 e. The van der Waals surface area contributed by atoms with E-state index in [1.54, 1.807) is 6.92 Å². The SMILES string of the molecule is CC(=O)N1CCCn2nc(CNc3nc4ccccc4o3)cc2C1. The van der Waals surface area contributed by atoms with Gasteiger partial charge in [-0.25, -0.2) is 0 Å². The lowest BCUT2D eigenvalue weighted by atomic mass is 10.3. The molecule has 1 amide bonds. The predicted octanol–water partition coefficient (Wildman–Crippen LogP) is 2.39. The van der Waals surface area contributed by atoms with Gasteiger partial charge in [-0.3, -0.25) is 9.48 Å². The smallest absolute Gasteiger partial charge is 0.296 e. The number of rotatable bonds is 3.